The zero-order valence-electron chi connectivity index (χ0n) is 10.4. The molecule has 0 aromatic heterocycles. The van der Waals surface area contributed by atoms with Gasteiger partial charge in [0.25, 0.3) is 0 Å². The van der Waals surface area contributed by atoms with Crippen molar-refractivity contribution in [1.82, 2.24) is 10.6 Å². The van der Waals surface area contributed by atoms with Crippen LogP contribution in [0.1, 0.15) is 18.4 Å². The van der Waals surface area contributed by atoms with Crippen LogP contribution in [0, 0.1) is 0 Å². The summed E-state index contributed by atoms with van der Waals surface area (Å²) in [5, 5.41) is 10.9. The standard InChI is InChI=1S/C12H17N3O3S/c13-19(17,18)10-4-1-3-9(7-10)8-15-12(16)11-5-2-6-14-11/h1,3-4,7,11,14H,2,5-6,8H2,(H,15,16)(H2,13,17,18)/t11-/m0/s1. The molecule has 2 rings (SSSR count). The largest absolute Gasteiger partial charge is 0.351 e. The summed E-state index contributed by atoms with van der Waals surface area (Å²) in [6, 6.07) is 6.12. The highest BCUT2D eigenvalue weighted by atomic mass is 32.2. The van der Waals surface area contributed by atoms with E-state index >= 15 is 0 Å². The third kappa shape index (κ3) is 3.76. The molecule has 0 radical (unpaired) electrons. The first kappa shape index (κ1) is 14.0. The van der Waals surface area contributed by atoms with Crippen LogP contribution in [0.15, 0.2) is 29.2 Å². The quantitative estimate of drug-likeness (QED) is 0.706. The maximum Gasteiger partial charge on any atom is 0.238 e. The van der Waals surface area contributed by atoms with E-state index in [1.807, 2.05) is 0 Å². The number of hydrogen-bond donors (Lipinski definition) is 3. The van der Waals surface area contributed by atoms with E-state index in [4.69, 9.17) is 5.14 Å². The molecule has 1 aliphatic heterocycles. The maximum absolute atomic E-state index is 11.8. The SMILES string of the molecule is NS(=O)(=O)c1cccc(CNC(=O)[C@@H]2CCCN2)c1. The summed E-state index contributed by atoms with van der Waals surface area (Å²) in [5.41, 5.74) is 0.706. The topological polar surface area (TPSA) is 101 Å². The van der Waals surface area contributed by atoms with Gasteiger partial charge in [-0.2, -0.15) is 0 Å². The molecule has 1 aromatic rings. The van der Waals surface area contributed by atoms with Gasteiger partial charge in [0.15, 0.2) is 0 Å². The van der Waals surface area contributed by atoms with Crippen molar-refractivity contribution < 1.29 is 13.2 Å². The van der Waals surface area contributed by atoms with E-state index in [0.717, 1.165) is 19.4 Å². The number of nitrogens with one attached hydrogen (secondary N) is 2. The molecule has 1 heterocycles. The summed E-state index contributed by atoms with van der Waals surface area (Å²) < 4.78 is 22.4. The summed E-state index contributed by atoms with van der Waals surface area (Å²) in [6.45, 7) is 1.15. The van der Waals surface area contributed by atoms with Gasteiger partial charge in [-0.25, -0.2) is 13.6 Å². The molecule has 1 atom stereocenters. The Morgan fingerprint density at radius 2 is 2.26 bits per heavy atom. The second kappa shape index (κ2) is 5.68. The Bertz CT molecular complexity index is 565. The van der Waals surface area contributed by atoms with Crippen LogP contribution in [-0.4, -0.2) is 26.9 Å². The van der Waals surface area contributed by atoms with Crippen LogP contribution in [0.5, 0.6) is 0 Å². The van der Waals surface area contributed by atoms with Crippen molar-refractivity contribution in [2.75, 3.05) is 6.54 Å². The lowest BCUT2D eigenvalue weighted by Gasteiger charge is -2.11. The van der Waals surface area contributed by atoms with Crippen molar-refractivity contribution in [2.45, 2.75) is 30.3 Å². The molecular formula is C12H17N3O3S. The number of sulfonamides is 1. The van der Waals surface area contributed by atoms with E-state index in [1.54, 1.807) is 12.1 Å². The van der Waals surface area contributed by atoms with Gasteiger partial charge in [0, 0.05) is 6.54 Å². The Labute approximate surface area is 112 Å². The molecule has 1 aromatic carbocycles. The predicted octanol–water partition coefficient (Wildman–Crippen LogP) is -0.298. The highest BCUT2D eigenvalue weighted by Gasteiger charge is 2.21. The molecule has 104 valence electrons. The lowest BCUT2D eigenvalue weighted by Crippen LogP contribution is -2.40. The van der Waals surface area contributed by atoms with Crippen molar-refractivity contribution in [3.8, 4) is 0 Å². The van der Waals surface area contributed by atoms with Gasteiger partial charge in [-0.05, 0) is 37.1 Å². The number of benzene rings is 1. The third-order valence-electron chi connectivity index (χ3n) is 3.07. The number of primary sulfonamides is 1. The molecule has 7 heteroatoms. The fourth-order valence-electron chi connectivity index (χ4n) is 2.05. The number of amides is 1. The second-order valence-corrected chi connectivity index (χ2v) is 6.12. The van der Waals surface area contributed by atoms with Crippen molar-refractivity contribution in [1.29, 1.82) is 0 Å². The van der Waals surface area contributed by atoms with Crippen molar-refractivity contribution in [3.05, 3.63) is 29.8 Å². The summed E-state index contributed by atoms with van der Waals surface area (Å²) in [5.74, 6) is -0.0569. The van der Waals surface area contributed by atoms with Gasteiger partial charge in [-0.15, -0.1) is 0 Å². The van der Waals surface area contributed by atoms with Crippen molar-refractivity contribution in [2.24, 2.45) is 5.14 Å². The van der Waals surface area contributed by atoms with Gasteiger partial charge in [0.05, 0.1) is 10.9 Å². The van der Waals surface area contributed by atoms with E-state index in [2.05, 4.69) is 10.6 Å². The van der Waals surface area contributed by atoms with Crippen LogP contribution in [-0.2, 0) is 21.4 Å². The average Bonchev–Trinajstić information content (AvgIpc) is 2.89. The summed E-state index contributed by atoms with van der Waals surface area (Å²) >= 11 is 0. The number of carbonyl (C=O) groups excluding carboxylic acids is 1. The lowest BCUT2D eigenvalue weighted by atomic mass is 10.2. The summed E-state index contributed by atoms with van der Waals surface area (Å²) in [4.78, 5) is 11.8. The van der Waals surface area contributed by atoms with E-state index in [9.17, 15) is 13.2 Å². The molecule has 19 heavy (non-hydrogen) atoms. The van der Waals surface area contributed by atoms with Crippen LogP contribution in [0.25, 0.3) is 0 Å². The van der Waals surface area contributed by atoms with Gasteiger partial charge in [-0.1, -0.05) is 12.1 Å². The van der Waals surface area contributed by atoms with Crippen LogP contribution >= 0.6 is 0 Å². The van der Waals surface area contributed by atoms with E-state index in [0.29, 0.717) is 12.1 Å². The Morgan fingerprint density at radius 3 is 2.89 bits per heavy atom. The minimum Gasteiger partial charge on any atom is -0.351 e. The third-order valence-corrected chi connectivity index (χ3v) is 3.98. The maximum atomic E-state index is 11.8. The predicted molar refractivity (Wildman–Crippen MR) is 70.7 cm³/mol. The summed E-state index contributed by atoms with van der Waals surface area (Å²) in [7, 11) is -3.70. The normalized spacial score (nSPS) is 19.3. The van der Waals surface area contributed by atoms with Crippen molar-refractivity contribution in [3.63, 3.8) is 0 Å². The number of hydrogen-bond acceptors (Lipinski definition) is 4. The number of carbonyl (C=O) groups is 1. The Kier molecular flexibility index (Phi) is 4.18. The fraction of sp³-hybridized carbons (Fsp3) is 0.417. The highest BCUT2D eigenvalue weighted by Crippen LogP contribution is 2.10. The van der Waals surface area contributed by atoms with Gasteiger partial charge >= 0.3 is 0 Å². The zero-order chi connectivity index (χ0) is 13.9. The molecule has 0 spiro atoms. The van der Waals surface area contributed by atoms with Gasteiger partial charge < -0.3 is 10.6 Å². The minimum atomic E-state index is -3.70. The first-order chi connectivity index (χ1) is 8.97. The Hall–Kier alpha value is -1.44. The van der Waals surface area contributed by atoms with Gasteiger partial charge in [-0.3, -0.25) is 4.79 Å². The monoisotopic (exact) mass is 283 g/mol. The smallest absolute Gasteiger partial charge is 0.238 e. The molecule has 6 nitrogen and oxygen atoms in total. The van der Waals surface area contributed by atoms with Crippen LogP contribution in [0.3, 0.4) is 0 Å². The average molecular weight is 283 g/mol. The second-order valence-electron chi connectivity index (χ2n) is 4.56. The molecule has 0 aliphatic carbocycles. The minimum absolute atomic E-state index is 0.0539. The first-order valence-corrected chi connectivity index (χ1v) is 7.64. The highest BCUT2D eigenvalue weighted by molar-refractivity contribution is 7.89. The van der Waals surface area contributed by atoms with Gasteiger partial charge in [0.1, 0.15) is 0 Å². The Morgan fingerprint density at radius 1 is 1.47 bits per heavy atom. The van der Waals surface area contributed by atoms with Gasteiger partial charge in [0.2, 0.25) is 15.9 Å². The Balaban J connectivity index is 1.98. The molecule has 0 bridgehead atoms. The van der Waals surface area contributed by atoms with Crippen LogP contribution in [0.4, 0.5) is 0 Å². The van der Waals surface area contributed by atoms with E-state index in [-0.39, 0.29) is 16.8 Å². The molecule has 1 amide bonds. The first-order valence-electron chi connectivity index (χ1n) is 6.09. The molecule has 0 saturated carbocycles. The molecule has 1 fully saturated rings. The lowest BCUT2D eigenvalue weighted by molar-refractivity contribution is -0.122. The van der Waals surface area contributed by atoms with E-state index < -0.39 is 10.0 Å². The van der Waals surface area contributed by atoms with Crippen LogP contribution < -0.4 is 15.8 Å². The summed E-state index contributed by atoms with van der Waals surface area (Å²) in [6.07, 6.45) is 1.84. The molecular weight excluding hydrogens is 266 g/mol. The molecule has 1 saturated heterocycles. The molecule has 0 unspecified atom stereocenters. The number of nitrogens with two attached hydrogens (primary N) is 1. The van der Waals surface area contributed by atoms with Crippen molar-refractivity contribution >= 4 is 15.9 Å². The fourth-order valence-corrected chi connectivity index (χ4v) is 2.64. The molecule has 4 N–H and O–H groups in total. The molecule has 1 aliphatic rings. The van der Waals surface area contributed by atoms with E-state index in [1.165, 1.54) is 12.1 Å². The zero-order valence-corrected chi connectivity index (χ0v) is 11.2. The number of rotatable bonds is 4. The van der Waals surface area contributed by atoms with Crippen LogP contribution in [0.2, 0.25) is 0 Å².